The van der Waals surface area contributed by atoms with E-state index in [9.17, 15) is 9.59 Å². The summed E-state index contributed by atoms with van der Waals surface area (Å²) in [5, 5.41) is 14.8. The van der Waals surface area contributed by atoms with E-state index in [0.29, 0.717) is 32.3 Å². The molecule has 0 bridgehead atoms. The molecule has 38 heavy (non-hydrogen) atoms. The number of ether oxygens (including phenoxy) is 2. The van der Waals surface area contributed by atoms with Gasteiger partial charge in [-0.2, -0.15) is 0 Å². The number of thiophene rings is 1. The molecule has 2 heterocycles. The average Bonchev–Trinajstić information content (AvgIpc) is 3.46. The standard InChI is InChI=1S/C27H27ClN4O4S2/c1-15-9-10-16(2)20(11-15)21-13-37-25(23(21)26(34)35-5)29-22(33)14-38-27-31-30-24(32(27)4)17(3)36-19-8-6-7-18(28)12-19/h6-13,17H,14H2,1-5H3,(H,29,33). The Morgan fingerprint density at radius 1 is 1.16 bits per heavy atom. The van der Waals surface area contributed by atoms with Crippen LogP contribution in [0.25, 0.3) is 11.1 Å². The van der Waals surface area contributed by atoms with Gasteiger partial charge in [-0.05, 0) is 50.1 Å². The Morgan fingerprint density at radius 3 is 2.68 bits per heavy atom. The summed E-state index contributed by atoms with van der Waals surface area (Å²) in [4.78, 5) is 25.6. The smallest absolute Gasteiger partial charge is 0.341 e. The first-order valence-electron chi connectivity index (χ1n) is 11.7. The van der Waals surface area contributed by atoms with Crippen molar-refractivity contribution in [2.45, 2.75) is 32.0 Å². The van der Waals surface area contributed by atoms with Crippen LogP contribution in [0.2, 0.25) is 5.02 Å². The number of aryl methyl sites for hydroxylation is 2. The van der Waals surface area contributed by atoms with E-state index in [4.69, 9.17) is 21.1 Å². The van der Waals surface area contributed by atoms with Crippen molar-refractivity contribution in [3.63, 3.8) is 0 Å². The lowest BCUT2D eigenvalue weighted by Crippen LogP contribution is -2.16. The van der Waals surface area contributed by atoms with Gasteiger partial charge in [0.25, 0.3) is 0 Å². The van der Waals surface area contributed by atoms with Crippen LogP contribution in [0.4, 0.5) is 5.00 Å². The van der Waals surface area contributed by atoms with Gasteiger partial charge in [-0.3, -0.25) is 4.79 Å². The third kappa shape index (κ3) is 6.20. The Morgan fingerprint density at radius 2 is 1.95 bits per heavy atom. The predicted octanol–water partition coefficient (Wildman–Crippen LogP) is 6.47. The first-order chi connectivity index (χ1) is 18.2. The number of amides is 1. The second-order valence-corrected chi connectivity index (χ2v) is 10.9. The maximum atomic E-state index is 12.9. The van der Waals surface area contributed by atoms with Crippen LogP contribution in [-0.4, -0.2) is 39.5 Å². The highest BCUT2D eigenvalue weighted by Gasteiger charge is 2.24. The summed E-state index contributed by atoms with van der Waals surface area (Å²) < 4.78 is 12.8. The lowest BCUT2D eigenvalue weighted by atomic mass is 9.97. The minimum Gasteiger partial charge on any atom is -0.483 e. The summed E-state index contributed by atoms with van der Waals surface area (Å²) in [6, 6.07) is 13.2. The number of aromatic nitrogens is 3. The number of hydrogen-bond acceptors (Lipinski definition) is 8. The number of hydrogen-bond donors (Lipinski definition) is 1. The van der Waals surface area contributed by atoms with Gasteiger partial charge in [-0.1, -0.05) is 53.2 Å². The van der Waals surface area contributed by atoms with Crippen molar-refractivity contribution in [3.8, 4) is 16.9 Å². The Bertz CT molecular complexity index is 1480. The van der Waals surface area contributed by atoms with Crippen LogP contribution in [0.5, 0.6) is 5.75 Å². The van der Waals surface area contributed by atoms with E-state index in [1.54, 1.807) is 16.7 Å². The van der Waals surface area contributed by atoms with E-state index in [-0.39, 0.29) is 17.8 Å². The van der Waals surface area contributed by atoms with Crippen LogP contribution in [0.1, 0.15) is 40.3 Å². The van der Waals surface area contributed by atoms with Gasteiger partial charge >= 0.3 is 5.97 Å². The molecule has 0 aliphatic heterocycles. The molecule has 2 aromatic heterocycles. The molecular formula is C27H27ClN4O4S2. The number of methoxy groups -OCH3 is 1. The molecule has 1 unspecified atom stereocenters. The Hall–Kier alpha value is -3.34. The fraction of sp³-hybridized carbons (Fsp3) is 0.259. The second-order valence-electron chi connectivity index (χ2n) is 8.62. The summed E-state index contributed by atoms with van der Waals surface area (Å²) in [5.74, 6) is 0.530. The maximum absolute atomic E-state index is 12.9. The number of halogens is 1. The number of thioether (sulfide) groups is 1. The maximum Gasteiger partial charge on any atom is 0.341 e. The van der Waals surface area contributed by atoms with Gasteiger partial charge in [0.05, 0.1) is 12.9 Å². The molecule has 0 aliphatic carbocycles. The van der Waals surface area contributed by atoms with Gasteiger partial charge in [-0.15, -0.1) is 21.5 Å². The van der Waals surface area contributed by atoms with Crippen molar-refractivity contribution in [3.05, 3.63) is 75.4 Å². The molecule has 4 rings (SSSR count). The summed E-state index contributed by atoms with van der Waals surface area (Å²) >= 11 is 8.57. The third-order valence-electron chi connectivity index (χ3n) is 5.79. The van der Waals surface area contributed by atoms with Crippen molar-refractivity contribution in [2.24, 2.45) is 7.05 Å². The lowest BCUT2D eigenvalue weighted by molar-refractivity contribution is -0.113. The Balaban J connectivity index is 1.45. The molecule has 1 amide bonds. The zero-order valence-corrected chi connectivity index (χ0v) is 24.0. The zero-order chi connectivity index (χ0) is 27.4. The van der Waals surface area contributed by atoms with Gasteiger partial charge in [0.2, 0.25) is 5.91 Å². The van der Waals surface area contributed by atoms with E-state index in [2.05, 4.69) is 15.5 Å². The average molecular weight is 571 g/mol. The predicted molar refractivity (Wildman–Crippen MR) is 151 cm³/mol. The van der Waals surface area contributed by atoms with E-state index >= 15 is 0 Å². The number of esters is 1. The number of anilines is 1. The molecular weight excluding hydrogens is 544 g/mol. The number of carbonyl (C=O) groups is 2. The molecule has 0 fully saturated rings. The highest BCUT2D eigenvalue weighted by Crippen LogP contribution is 2.38. The molecule has 1 atom stereocenters. The van der Waals surface area contributed by atoms with E-state index in [0.717, 1.165) is 22.3 Å². The summed E-state index contributed by atoms with van der Waals surface area (Å²) in [6.07, 6.45) is -0.383. The number of carbonyl (C=O) groups excluding carboxylic acids is 2. The summed E-state index contributed by atoms with van der Waals surface area (Å²) in [7, 11) is 3.15. The highest BCUT2D eigenvalue weighted by molar-refractivity contribution is 7.99. The first-order valence-corrected chi connectivity index (χ1v) is 13.9. The second kappa shape index (κ2) is 12.0. The number of nitrogens with zero attached hydrogens (tertiary/aromatic N) is 3. The summed E-state index contributed by atoms with van der Waals surface area (Å²) in [6.45, 7) is 5.85. The molecule has 0 spiro atoms. The molecule has 0 saturated carbocycles. The zero-order valence-electron chi connectivity index (χ0n) is 21.6. The van der Waals surface area contributed by atoms with Crippen LogP contribution in [0, 0.1) is 13.8 Å². The molecule has 0 saturated heterocycles. The Labute approximate surface area is 234 Å². The van der Waals surface area contributed by atoms with Crippen molar-refractivity contribution in [1.82, 2.24) is 14.8 Å². The highest BCUT2D eigenvalue weighted by atomic mass is 35.5. The van der Waals surface area contributed by atoms with Crippen LogP contribution in [-0.2, 0) is 16.6 Å². The van der Waals surface area contributed by atoms with Crippen molar-refractivity contribution >= 4 is 51.6 Å². The molecule has 8 nitrogen and oxygen atoms in total. The molecule has 4 aromatic rings. The van der Waals surface area contributed by atoms with Gasteiger partial charge in [0, 0.05) is 23.0 Å². The molecule has 11 heteroatoms. The van der Waals surface area contributed by atoms with Gasteiger partial charge in [0.1, 0.15) is 16.3 Å². The van der Waals surface area contributed by atoms with Crippen molar-refractivity contribution in [2.75, 3.05) is 18.2 Å². The van der Waals surface area contributed by atoms with Gasteiger partial charge in [0.15, 0.2) is 17.1 Å². The molecule has 1 N–H and O–H groups in total. The SMILES string of the molecule is COC(=O)c1c(-c2cc(C)ccc2C)csc1NC(=O)CSc1nnc(C(C)Oc2cccc(Cl)c2)n1C. The fourth-order valence-electron chi connectivity index (χ4n) is 3.87. The minimum absolute atomic E-state index is 0.0762. The third-order valence-corrected chi connectivity index (χ3v) is 7.94. The van der Waals surface area contributed by atoms with Gasteiger partial charge < -0.3 is 19.4 Å². The quantitative estimate of drug-likeness (QED) is 0.182. The fourth-order valence-corrected chi connectivity index (χ4v) is 5.74. The molecule has 0 radical (unpaired) electrons. The van der Waals surface area contributed by atoms with Gasteiger partial charge in [-0.25, -0.2) is 4.79 Å². The number of rotatable bonds is 9. The van der Waals surface area contributed by atoms with Crippen LogP contribution < -0.4 is 10.1 Å². The Kier molecular flexibility index (Phi) is 8.76. The monoisotopic (exact) mass is 570 g/mol. The summed E-state index contributed by atoms with van der Waals surface area (Å²) in [5.41, 5.74) is 4.11. The largest absolute Gasteiger partial charge is 0.483 e. The van der Waals surface area contributed by atoms with Crippen molar-refractivity contribution in [1.29, 1.82) is 0 Å². The molecule has 198 valence electrons. The van der Waals surface area contributed by atoms with E-state index in [1.807, 2.05) is 63.5 Å². The lowest BCUT2D eigenvalue weighted by Gasteiger charge is -2.14. The topological polar surface area (TPSA) is 95.3 Å². The van der Waals surface area contributed by atoms with Crippen LogP contribution in [0.3, 0.4) is 0 Å². The number of benzene rings is 2. The van der Waals surface area contributed by atoms with E-state index in [1.165, 1.54) is 30.2 Å². The minimum atomic E-state index is -0.503. The van der Waals surface area contributed by atoms with Crippen molar-refractivity contribution < 1.29 is 19.1 Å². The van der Waals surface area contributed by atoms with Crippen LogP contribution in [0.15, 0.2) is 53.0 Å². The normalized spacial score (nSPS) is 11.7. The van der Waals surface area contributed by atoms with Crippen LogP contribution >= 0.6 is 34.7 Å². The first kappa shape index (κ1) is 27.7. The molecule has 0 aliphatic rings. The number of nitrogens with one attached hydrogen (secondary N) is 1. The molecule has 2 aromatic carbocycles. The van der Waals surface area contributed by atoms with E-state index < -0.39 is 5.97 Å².